The van der Waals surface area contributed by atoms with Gasteiger partial charge in [-0.3, -0.25) is 4.79 Å². The van der Waals surface area contributed by atoms with Crippen LogP contribution in [0.3, 0.4) is 0 Å². The average molecular weight is 521 g/mol. The van der Waals surface area contributed by atoms with Crippen LogP contribution in [0.4, 0.5) is 0 Å². The third-order valence-corrected chi connectivity index (χ3v) is 6.81. The van der Waals surface area contributed by atoms with Gasteiger partial charge >= 0.3 is 5.97 Å². The highest BCUT2D eigenvalue weighted by atomic mass is 16.6. The molecular formula is C28H56O8. The first-order valence-corrected chi connectivity index (χ1v) is 14.6. The Morgan fingerprint density at radius 1 is 0.556 bits per heavy atom. The monoisotopic (exact) mass is 520 g/mol. The second kappa shape index (κ2) is 24.6. The predicted molar refractivity (Wildman–Crippen MR) is 141 cm³/mol. The van der Waals surface area contributed by atoms with Crippen LogP contribution in [0.5, 0.6) is 0 Å². The Balaban J connectivity index is 3.50. The fourth-order valence-electron chi connectivity index (χ4n) is 4.32. The van der Waals surface area contributed by atoms with E-state index in [0.29, 0.717) is 6.42 Å². The lowest BCUT2D eigenvalue weighted by Crippen LogP contribution is -2.50. The van der Waals surface area contributed by atoms with Gasteiger partial charge in [0, 0.05) is 6.42 Å². The number of hydrogen-bond acceptors (Lipinski definition) is 8. The highest BCUT2D eigenvalue weighted by Crippen LogP contribution is 2.15. The summed E-state index contributed by atoms with van der Waals surface area (Å²) in [4.78, 5) is 11.8. The van der Waals surface area contributed by atoms with Crippen LogP contribution in [-0.2, 0) is 9.53 Å². The van der Waals surface area contributed by atoms with Crippen molar-refractivity contribution in [3.63, 3.8) is 0 Å². The second-order valence-electron chi connectivity index (χ2n) is 10.2. The third-order valence-electron chi connectivity index (χ3n) is 6.81. The minimum atomic E-state index is -2.03. The molecule has 0 saturated carbocycles. The van der Waals surface area contributed by atoms with E-state index < -0.39 is 43.3 Å². The molecule has 0 fully saturated rings. The van der Waals surface area contributed by atoms with Crippen LogP contribution in [0.1, 0.15) is 135 Å². The molecule has 0 aromatic carbocycles. The zero-order valence-electron chi connectivity index (χ0n) is 22.7. The van der Waals surface area contributed by atoms with Gasteiger partial charge in [-0.2, -0.15) is 0 Å². The van der Waals surface area contributed by atoms with Crippen molar-refractivity contribution < 1.29 is 40.2 Å². The molecule has 0 aliphatic carbocycles. The van der Waals surface area contributed by atoms with E-state index in [9.17, 15) is 30.3 Å². The molecular weight excluding hydrogens is 464 g/mol. The van der Waals surface area contributed by atoms with Crippen LogP contribution in [0.2, 0.25) is 0 Å². The van der Waals surface area contributed by atoms with Crippen LogP contribution >= 0.6 is 0 Å². The molecule has 1 unspecified atom stereocenters. The van der Waals surface area contributed by atoms with E-state index in [0.717, 1.165) is 19.3 Å². The third kappa shape index (κ3) is 19.4. The van der Waals surface area contributed by atoms with Gasteiger partial charge in [-0.15, -0.1) is 0 Å². The van der Waals surface area contributed by atoms with Crippen LogP contribution in [0, 0.1) is 0 Å². The molecule has 0 aromatic heterocycles. The van der Waals surface area contributed by atoms with Crippen molar-refractivity contribution in [2.24, 2.45) is 0 Å². The van der Waals surface area contributed by atoms with Gasteiger partial charge < -0.3 is 35.4 Å². The molecule has 0 spiro atoms. The van der Waals surface area contributed by atoms with Crippen LogP contribution in [0.15, 0.2) is 0 Å². The summed E-state index contributed by atoms with van der Waals surface area (Å²) in [5, 5.41) is 56.7. The predicted octanol–water partition coefficient (Wildman–Crippen LogP) is 4.11. The summed E-state index contributed by atoms with van der Waals surface area (Å²) in [6, 6.07) is 0. The van der Waals surface area contributed by atoms with Crippen molar-refractivity contribution in [1.29, 1.82) is 0 Å². The lowest BCUT2D eigenvalue weighted by molar-refractivity contribution is -0.213. The second-order valence-corrected chi connectivity index (χ2v) is 10.2. The largest absolute Gasteiger partial charge is 0.433 e. The average Bonchev–Trinajstić information content (AvgIpc) is 2.88. The zero-order chi connectivity index (χ0) is 27.0. The fraction of sp³-hybridized carbons (Fsp3) is 0.964. The number of esters is 1. The maximum absolute atomic E-state index is 11.8. The number of carbonyl (C=O) groups is 1. The van der Waals surface area contributed by atoms with Crippen molar-refractivity contribution in [1.82, 2.24) is 0 Å². The number of carbonyl (C=O) groups excluding carboxylic acids is 1. The number of aliphatic hydroxyl groups is 6. The summed E-state index contributed by atoms with van der Waals surface area (Å²) < 4.78 is 4.69. The van der Waals surface area contributed by atoms with Crippen molar-refractivity contribution in [3.05, 3.63) is 0 Å². The van der Waals surface area contributed by atoms with Crippen LogP contribution < -0.4 is 0 Å². The number of aliphatic hydroxyl groups excluding tert-OH is 6. The Kier molecular flexibility index (Phi) is 24.0. The topological polar surface area (TPSA) is 148 Å². The Labute approximate surface area is 219 Å². The number of rotatable bonds is 26. The maximum Gasteiger partial charge on any atom is 0.308 e. The Morgan fingerprint density at radius 2 is 0.917 bits per heavy atom. The van der Waals surface area contributed by atoms with Gasteiger partial charge in [-0.05, 0) is 6.42 Å². The normalized spacial score (nSPS) is 15.9. The van der Waals surface area contributed by atoms with Crippen molar-refractivity contribution in [3.8, 4) is 0 Å². The standard InChI is InChI=1S/C28H56O8/c1-2-3-4-5-6-7-8-9-10-11-12-13-14-15-16-17-18-19-20-21-24(31)36-28(35)27(34)26(33)25(32)23(30)22-29/h23,25-30,32-35H,2-22H2,1H3/t23-,25-,26-,27-,28?/m1/s1. The summed E-state index contributed by atoms with van der Waals surface area (Å²) in [5.74, 6) is -0.710. The smallest absolute Gasteiger partial charge is 0.308 e. The zero-order valence-corrected chi connectivity index (χ0v) is 22.7. The fourth-order valence-corrected chi connectivity index (χ4v) is 4.32. The van der Waals surface area contributed by atoms with Gasteiger partial charge in [0.05, 0.1) is 6.61 Å². The Hall–Kier alpha value is -0.770. The van der Waals surface area contributed by atoms with Gasteiger partial charge in [0.15, 0.2) is 0 Å². The molecule has 0 aliphatic rings. The van der Waals surface area contributed by atoms with E-state index >= 15 is 0 Å². The molecule has 0 rings (SSSR count). The van der Waals surface area contributed by atoms with E-state index in [1.165, 1.54) is 96.3 Å². The first-order chi connectivity index (χ1) is 17.3. The van der Waals surface area contributed by atoms with Gasteiger partial charge in [-0.25, -0.2) is 0 Å². The minimum Gasteiger partial charge on any atom is -0.433 e. The lowest BCUT2D eigenvalue weighted by atomic mass is 10.0. The van der Waals surface area contributed by atoms with Crippen molar-refractivity contribution in [2.75, 3.05) is 6.61 Å². The van der Waals surface area contributed by atoms with E-state index in [4.69, 9.17) is 5.11 Å². The summed E-state index contributed by atoms with van der Waals surface area (Å²) in [7, 11) is 0. The van der Waals surface area contributed by atoms with Crippen LogP contribution in [-0.4, -0.2) is 73.9 Å². The molecule has 0 amide bonds. The molecule has 0 saturated heterocycles. The van der Waals surface area contributed by atoms with E-state index in [1.54, 1.807) is 0 Å². The molecule has 0 bridgehead atoms. The molecule has 36 heavy (non-hydrogen) atoms. The Morgan fingerprint density at radius 3 is 1.28 bits per heavy atom. The molecule has 5 atom stereocenters. The van der Waals surface area contributed by atoms with Crippen LogP contribution in [0.25, 0.3) is 0 Å². The summed E-state index contributed by atoms with van der Waals surface area (Å²) in [6.07, 6.45) is 14.4. The first-order valence-electron chi connectivity index (χ1n) is 14.6. The summed E-state index contributed by atoms with van der Waals surface area (Å²) >= 11 is 0. The summed E-state index contributed by atoms with van der Waals surface area (Å²) in [6.45, 7) is 1.43. The quantitative estimate of drug-likeness (QED) is 0.0567. The molecule has 0 radical (unpaired) electrons. The van der Waals surface area contributed by atoms with E-state index in [2.05, 4.69) is 11.7 Å². The SMILES string of the molecule is CCCCCCCCCCCCCCCCCCCCCC(=O)OC(O)[C@H](O)[C@H](O)[C@H](O)[C@H](O)CO. The van der Waals surface area contributed by atoms with E-state index in [1.807, 2.05) is 0 Å². The Bertz CT molecular complexity index is 490. The van der Waals surface area contributed by atoms with Crippen molar-refractivity contribution in [2.45, 2.75) is 166 Å². The molecule has 0 heterocycles. The van der Waals surface area contributed by atoms with E-state index in [-0.39, 0.29) is 6.42 Å². The maximum atomic E-state index is 11.8. The molecule has 8 heteroatoms. The van der Waals surface area contributed by atoms with Crippen molar-refractivity contribution >= 4 is 5.97 Å². The first kappa shape index (κ1) is 35.2. The highest BCUT2D eigenvalue weighted by molar-refractivity contribution is 5.69. The number of hydrogen-bond donors (Lipinski definition) is 6. The molecule has 0 aromatic rings. The number of unbranched alkanes of at least 4 members (excludes halogenated alkanes) is 18. The van der Waals surface area contributed by atoms with Gasteiger partial charge in [-0.1, -0.05) is 122 Å². The van der Waals surface area contributed by atoms with Gasteiger partial charge in [0.1, 0.15) is 24.4 Å². The molecule has 0 aliphatic heterocycles. The minimum absolute atomic E-state index is 0.0839. The lowest BCUT2D eigenvalue weighted by Gasteiger charge is -2.28. The molecule has 6 N–H and O–H groups in total. The van der Waals surface area contributed by atoms with Gasteiger partial charge in [0.2, 0.25) is 6.29 Å². The number of ether oxygens (including phenoxy) is 1. The molecule has 216 valence electrons. The molecule has 8 nitrogen and oxygen atoms in total. The summed E-state index contributed by atoms with van der Waals surface area (Å²) in [5.41, 5.74) is 0. The van der Waals surface area contributed by atoms with Gasteiger partial charge in [0.25, 0.3) is 0 Å². The highest BCUT2D eigenvalue weighted by Gasteiger charge is 2.35.